The van der Waals surface area contributed by atoms with Crippen LogP contribution >= 0.6 is 0 Å². The number of aromatic nitrogens is 5. The summed E-state index contributed by atoms with van der Waals surface area (Å²) in [6.07, 6.45) is 3.33. The van der Waals surface area contributed by atoms with Crippen LogP contribution in [0, 0.1) is 0 Å². The molecule has 7 nitrogen and oxygen atoms in total. The lowest BCUT2D eigenvalue weighted by atomic mass is 10.1. The number of carboxylic acid groups (broad SMARTS) is 1. The van der Waals surface area contributed by atoms with E-state index in [-0.39, 0.29) is 5.56 Å². The fraction of sp³-hybridized carbons (Fsp3) is 0.0714. The predicted octanol–water partition coefficient (Wildman–Crippen LogP) is 1.48. The van der Waals surface area contributed by atoms with E-state index >= 15 is 0 Å². The molecule has 2 heterocycles. The second-order valence-corrected chi connectivity index (χ2v) is 4.40. The number of rotatable bonds is 4. The van der Waals surface area contributed by atoms with Crippen molar-refractivity contribution in [3.05, 3.63) is 59.9 Å². The van der Waals surface area contributed by atoms with Gasteiger partial charge in [0.25, 0.3) is 0 Å². The lowest BCUT2D eigenvalue weighted by molar-refractivity contribution is 0.0696. The van der Waals surface area contributed by atoms with Gasteiger partial charge in [-0.15, -0.1) is 5.10 Å². The second kappa shape index (κ2) is 5.49. The molecule has 3 aromatic rings. The van der Waals surface area contributed by atoms with Gasteiger partial charge in [0, 0.05) is 18.0 Å². The largest absolute Gasteiger partial charge is 0.478 e. The molecule has 0 spiro atoms. The van der Waals surface area contributed by atoms with E-state index in [1.54, 1.807) is 35.3 Å². The monoisotopic (exact) mass is 281 g/mol. The van der Waals surface area contributed by atoms with Crippen molar-refractivity contribution in [2.75, 3.05) is 0 Å². The van der Waals surface area contributed by atoms with Gasteiger partial charge in [0.1, 0.15) is 0 Å². The van der Waals surface area contributed by atoms with Gasteiger partial charge >= 0.3 is 5.97 Å². The minimum Gasteiger partial charge on any atom is -0.478 e. The summed E-state index contributed by atoms with van der Waals surface area (Å²) >= 11 is 0. The van der Waals surface area contributed by atoms with Crippen molar-refractivity contribution >= 4 is 5.97 Å². The molecule has 2 aromatic heterocycles. The molecule has 0 amide bonds. The third-order valence-electron chi connectivity index (χ3n) is 2.98. The third-order valence-corrected chi connectivity index (χ3v) is 2.98. The molecule has 3 rings (SSSR count). The molecule has 0 fully saturated rings. The van der Waals surface area contributed by atoms with Gasteiger partial charge in [-0.3, -0.25) is 4.98 Å². The van der Waals surface area contributed by atoms with Crippen LogP contribution in [0.15, 0.2) is 48.8 Å². The number of aromatic carboxylic acids is 1. The Hall–Kier alpha value is -3.09. The molecule has 0 unspecified atom stereocenters. The van der Waals surface area contributed by atoms with Crippen molar-refractivity contribution in [1.82, 2.24) is 25.2 Å². The molecule has 0 aliphatic heterocycles. The Morgan fingerprint density at radius 2 is 2.00 bits per heavy atom. The highest BCUT2D eigenvalue weighted by Gasteiger charge is 2.10. The quantitative estimate of drug-likeness (QED) is 0.778. The molecule has 0 bridgehead atoms. The first-order valence-corrected chi connectivity index (χ1v) is 6.23. The summed E-state index contributed by atoms with van der Waals surface area (Å²) < 4.78 is 1.62. The smallest absolute Gasteiger partial charge is 0.335 e. The summed E-state index contributed by atoms with van der Waals surface area (Å²) in [5.41, 5.74) is 1.91. The van der Waals surface area contributed by atoms with Crippen LogP contribution in [0.5, 0.6) is 0 Å². The van der Waals surface area contributed by atoms with Crippen molar-refractivity contribution in [3.63, 3.8) is 0 Å². The van der Waals surface area contributed by atoms with E-state index in [0.717, 1.165) is 11.1 Å². The summed E-state index contributed by atoms with van der Waals surface area (Å²) in [4.78, 5) is 14.9. The van der Waals surface area contributed by atoms with Crippen molar-refractivity contribution in [2.45, 2.75) is 6.54 Å². The standard InChI is InChI=1S/C14H11N5O2/c20-14(21)12-3-1-2-10(8-12)9-19-13(16-17-18-19)11-4-6-15-7-5-11/h1-8H,9H2,(H,20,21). The molecule has 1 N–H and O–H groups in total. The van der Waals surface area contributed by atoms with Crippen LogP contribution in [-0.4, -0.2) is 36.3 Å². The minimum atomic E-state index is -0.956. The van der Waals surface area contributed by atoms with Crippen molar-refractivity contribution < 1.29 is 9.90 Å². The molecule has 0 aliphatic rings. The maximum Gasteiger partial charge on any atom is 0.335 e. The Bertz CT molecular complexity index is 770. The van der Waals surface area contributed by atoms with Gasteiger partial charge in [-0.1, -0.05) is 12.1 Å². The highest BCUT2D eigenvalue weighted by Crippen LogP contribution is 2.15. The average molecular weight is 281 g/mol. The number of hydrogen-bond acceptors (Lipinski definition) is 5. The molecular formula is C14H11N5O2. The van der Waals surface area contributed by atoms with Gasteiger partial charge in [-0.25, -0.2) is 9.48 Å². The molecular weight excluding hydrogens is 270 g/mol. The van der Waals surface area contributed by atoms with E-state index in [1.165, 1.54) is 0 Å². The number of carbonyl (C=O) groups is 1. The topological polar surface area (TPSA) is 93.8 Å². The Labute approximate surface area is 119 Å². The van der Waals surface area contributed by atoms with Gasteiger partial charge in [-0.05, 0) is 40.3 Å². The summed E-state index contributed by atoms with van der Waals surface area (Å²) in [5.74, 6) is -0.346. The number of benzene rings is 1. The van der Waals surface area contributed by atoms with E-state index in [4.69, 9.17) is 5.11 Å². The lowest BCUT2D eigenvalue weighted by Gasteiger charge is -2.05. The maximum absolute atomic E-state index is 11.0. The Balaban J connectivity index is 1.92. The number of pyridine rings is 1. The van der Waals surface area contributed by atoms with Crippen LogP contribution in [0.25, 0.3) is 11.4 Å². The molecule has 0 aliphatic carbocycles. The highest BCUT2D eigenvalue weighted by atomic mass is 16.4. The molecule has 1 aromatic carbocycles. The first-order valence-electron chi connectivity index (χ1n) is 6.23. The zero-order valence-corrected chi connectivity index (χ0v) is 10.9. The first kappa shape index (κ1) is 12.9. The SMILES string of the molecule is O=C(O)c1cccc(Cn2nnnc2-c2ccncc2)c1. The normalized spacial score (nSPS) is 10.5. The molecule has 0 atom stereocenters. The average Bonchev–Trinajstić information content (AvgIpc) is 2.96. The summed E-state index contributed by atoms with van der Waals surface area (Å²) in [5, 5.41) is 20.6. The van der Waals surface area contributed by atoms with Gasteiger partial charge in [0.05, 0.1) is 12.1 Å². The minimum absolute atomic E-state index is 0.242. The molecule has 104 valence electrons. The van der Waals surface area contributed by atoms with E-state index in [0.29, 0.717) is 12.4 Å². The zero-order valence-electron chi connectivity index (χ0n) is 10.9. The summed E-state index contributed by atoms with van der Waals surface area (Å²) in [7, 11) is 0. The third kappa shape index (κ3) is 2.76. The van der Waals surface area contributed by atoms with Gasteiger partial charge < -0.3 is 5.11 Å². The Kier molecular flexibility index (Phi) is 3.38. The maximum atomic E-state index is 11.0. The number of tetrazole rings is 1. The molecule has 7 heteroatoms. The van der Waals surface area contributed by atoms with Crippen LogP contribution in [-0.2, 0) is 6.54 Å². The highest BCUT2D eigenvalue weighted by molar-refractivity contribution is 5.87. The summed E-state index contributed by atoms with van der Waals surface area (Å²) in [6.45, 7) is 0.395. The van der Waals surface area contributed by atoms with Crippen molar-refractivity contribution in [2.24, 2.45) is 0 Å². The number of carboxylic acids is 1. The van der Waals surface area contributed by atoms with Gasteiger partial charge in [-0.2, -0.15) is 0 Å². The zero-order chi connectivity index (χ0) is 14.7. The van der Waals surface area contributed by atoms with Crippen LogP contribution in [0.2, 0.25) is 0 Å². The Morgan fingerprint density at radius 1 is 1.19 bits per heavy atom. The van der Waals surface area contributed by atoms with E-state index < -0.39 is 5.97 Å². The van der Waals surface area contributed by atoms with Crippen LogP contribution in [0.3, 0.4) is 0 Å². The fourth-order valence-electron chi connectivity index (χ4n) is 1.99. The fourth-order valence-corrected chi connectivity index (χ4v) is 1.99. The van der Waals surface area contributed by atoms with Crippen LogP contribution in [0.1, 0.15) is 15.9 Å². The van der Waals surface area contributed by atoms with Crippen molar-refractivity contribution in [1.29, 1.82) is 0 Å². The molecule has 0 saturated carbocycles. The van der Waals surface area contributed by atoms with E-state index in [1.807, 2.05) is 18.2 Å². The number of nitrogens with zero attached hydrogens (tertiary/aromatic N) is 5. The predicted molar refractivity (Wildman–Crippen MR) is 73.6 cm³/mol. The first-order chi connectivity index (χ1) is 10.2. The van der Waals surface area contributed by atoms with Crippen LogP contribution < -0.4 is 0 Å². The van der Waals surface area contributed by atoms with Crippen molar-refractivity contribution in [3.8, 4) is 11.4 Å². The Morgan fingerprint density at radius 3 is 2.76 bits per heavy atom. The van der Waals surface area contributed by atoms with Gasteiger partial charge in [0.15, 0.2) is 5.82 Å². The number of hydrogen-bond donors (Lipinski definition) is 1. The second-order valence-electron chi connectivity index (χ2n) is 4.40. The molecule has 0 saturated heterocycles. The van der Waals surface area contributed by atoms with Gasteiger partial charge in [0.2, 0.25) is 0 Å². The molecule has 21 heavy (non-hydrogen) atoms. The lowest BCUT2D eigenvalue weighted by Crippen LogP contribution is -2.06. The summed E-state index contributed by atoms with van der Waals surface area (Å²) in [6, 6.07) is 10.3. The van der Waals surface area contributed by atoms with E-state index in [2.05, 4.69) is 20.5 Å². The van der Waals surface area contributed by atoms with E-state index in [9.17, 15) is 4.79 Å². The molecule has 0 radical (unpaired) electrons. The van der Waals surface area contributed by atoms with Crippen LogP contribution in [0.4, 0.5) is 0 Å².